The second-order valence-corrected chi connectivity index (χ2v) is 9.62. The van der Waals surface area contributed by atoms with Gasteiger partial charge < -0.3 is 24.0 Å². The number of aliphatic hydroxyl groups excluding tert-OH is 1. The van der Waals surface area contributed by atoms with Crippen molar-refractivity contribution in [1.29, 1.82) is 0 Å². The highest BCUT2D eigenvalue weighted by molar-refractivity contribution is 5.86. The Morgan fingerprint density at radius 1 is 1.23 bits per heavy atom. The van der Waals surface area contributed by atoms with Gasteiger partial charge in [-0.3, -0.25) is 14.9 Å². The van der Waals surface area contributed by atoms with E-state index < -0.39 is 6.23 Å². The van der Waals surface area contributed by atoms with Gasteiger partial charge in [0.1, 0.15) is 11.6 Å². The number of morpholine rings is 1. The van der Waals surface area contributed by atoms with Crippen molar-refractivity contribution < 1.29 is 14.6 Å². The van der Waals surface area contributed by atoms with Crippen LogP contribution in [0.4, 0.5) is 5.82 Å². The molecule has 2 aromatic heterocycles. The molecule has 1 atom stereocenters. The summed E-state index contributed by atoms with van der Waals surface area (Å²) < 4.78 is 13.0. The molecule has 1 fully saturated rings. The number of aliphatic hydroxyl groups is 1. The summed E-state index contributed by atoms with van der Waals surface area (Å²) in [4.78, 5) is 37.8. The van der Waals surface area contributed by atoms with E-state index in [-0.39, 0.29) is 18.3 Å². The molecule has 0 spiro atoms. The first kappa shape index (κ1) is 28.9. The molecular formula is C27H35N9O4. The molecule has 1 N–H and O–H groups in total. The van der Waals surface area contributed by atoms with Crippen LogP contribution in [-0.4, -0.2) is 95.8 Å². The van der Waals surface area contributed by atoms with E-state index >= 15 is 0 Å². The molecule has 1 aromatic carbocycles. The summed E-state index contributed by atoms with van der Waals surface area (Å²) in [5.41, 5.74) is 2.53. The van der Waals surface area contributed by atoms with Crippen LogP contribution < -0.4 is 9.64 Å². The predicted octanol–water partition coefficient (Wildman–Crippen LogP) is 3.05. The Bertz CT molecular complexity index is 1380. The molecule has 4 rings (SSSR count). The van der Waals surface area contributed by atoms with Gasteiger partial charge in [0.15, 0.2) is 22.8 Å². The summed E-state index contributed by atoms with van der Waals surface area (Å²) in [7, 11) is 3.54. The Morgan fingerprint density at radius 3 is 2.58 bits per heavy atom. The Balaban J connectivity index is 1.71. The Kier molecular flexibility index (Phi) is 9.64. The van der Waals surface area contributed by atoms with Crippen LogP contribution in [0, 0.1) is 4.91 Å². The normalized spacial score (nSPS) is 15.4. The number of rotatable bonds is 12. The highest BCUT2D eigenvalue weighted by atomic mass is 16.5. The van der Waals surface area contributed by atoms with Crippen molar-refractivity contribution in [3.05, 3.63) is 46.8 Å². The van der Waals surface area contributed by atoms with Crippen molar-refractivity contribution in [3.63, 3.8) is 0 Å². The number of ether oxygens (including phenoxy) is 2. The van der Waals surface area contributed by atoms with Gasteiger partial charge in [0.05, 0.1) is 33.5 Å². The number of aliphatic imine (C=N–C) groups is 2. The topological polar surface area (TPSA) is 143 Å². The number of methoxy groups -OCH3 is 1. The third-order valence-corrected chi connectivity index (χ3v) is 6.38. The molecule has 1 saturated heterocycles. The van der Waals surface area contributed by atoms with Crippen molar-refractivity contribution in [2.75, 3.05) is 52.0 Å². The fourth-order valence-corrected chi connectivity index (χ4v) is 4.43. The lowest BCUT2D eigenvalue weighted by molar-refractivity contribution is 0.122. The molecule has 40 heavy (non-hydrogen) atoms. The van der Waals surface area contributed by atoms with E-state index in [1.54, 1.807) is 7.11 Å². The van der Waals surface area contributed by atoms with E-state index in [1.807, 2.05) is 36.2 Å². The Hall–Kier alpha value is -4.07. The third-order valence-electron chi connectivity index (χ3n) is 6.38. The first-order chi connectivity index (χ1) is 19.4. The summed E-state index contributed by atoms with van der Waals surface area (Å²) in [6.07, 6.45) is 1.06. The summed E-state index contributed by atoms with van der Waals surface area (Å²) >= 11 is 0. The van der Waals surface area contributed by atoms with E-state index in [0.717, 1.165) is 34.1 Å². The van der Waals surface area contributed by atoms with Crippen LogP contribution >= 0.6 is 0 Å². The fraction of sp³-hybridized carbons (Fsp3) is 0.444. The third kappa shape index (κ3) is 6.55. The number of nitrogens with zero attached hydrogens (tertiary/aromatic N) is 9. The molecule has 1 aliphatic heterocycles. The Labute approximate surface area is 232 Å². The number of nitroso groups, excluding NO2 is 1. The zero-order chi connectivity index (χ0) is 28.6. The van der Waals surface area contributed by atoms with Gasteiger partial charge in [0.25, 0.3) is 0 Å². The van der Waals surface area contributed by atoms with Crippen molar-refractivity contribution in [3.8, 4) is 17.1 Å². The fourth-order valence-electron chi connectivity index (χ4n) is 4.43. The van der Waals surface area contributed by atoms with E-state index in [4.69, 9.17) is 24.4 Å². The minimum absolute atomic E-state index is 0.0788. The number of aromatic nitrogens is 4. The van der Waals surface area contributed by atoms with E-state index in [2.05, 4.69) is 45.2 Å². The SMILES string of the molecule is C=N/C=C(\C=N/CN(C)Cc1nc2c(N3CCOCC3)nc(-c3ccc(OC)cc3)nc2n1C(C)C)C(O)N=O. The van der Waals surface area contributed by atoms with Crippen LogP contribution in [0.15, 0.2) is 51.2 Å². The monoisotopic (exact) mass is 549 g/mol. The number of hydrogen-bond donors (Lipinski definition) is 1. The lowest BCUT2D eigenvalue weighted by Gasteiger charge is -2.28. The minimum atomic E-state index is -1.55. The molecule has 3 aromatic rings. The molecule has 1 aliphatic rings. The minimum Gasteiger partial charge on any atom is -0.497 e. The zero-order valence-corrected chi connectivity index (χ0v) is 23.3. The van der Waals surface area contributed by atoms with Crippen LogP contribution in [0.5, 0.6) is 5.75 Å². The standard InChI is InChI=1S/C27H35N9O4/c1-18(2)36-22(16-34(4)17-29-15-20(14-28-3)27(37)33-38)30-23-25(35-10-12-40-13-11-35)31-24(32-26(23)36)19-6-8-21(39-5)9-7-19/h6-9,14-15,18,27,37H,3,10-13,16-17H2,1-2,4-5H3/b20-14+,29-15-. The van der Waals surface area contributed by atoms with Crippen LogP contribution in [0.25, 0.3) is 22.6 Å². The second-order valence-electron chi connectivity index (χ2n) is 9.62. The van der Waals surface area contributed by atoms with Gasteiger partial charge >= 0.3 is 0 Å². The highest BCUT2D eigenvalue weighted by Gasteiger charge is 2.25. The van der Waals surface area contributed by atoms with Crippen LogP contribution in [0.2, 0.25) is 0 Å². The second kappa shape index (κ2) is 13.3. The summed E-state index contributed by atoms with van der Waals surface area (Å²) in [6, 6.07) is 7.78. The molecule has 13 heteroatoms. The maximum Gasteiger partial charge on any atom is 0.216 e. The first-order valence-corrected chi connectivity index (χ1v) is 13.0. The lowest BCUT2D eigenvalue weighted by atomic mass is 10.2. The lowest BCUT2D eigenvalue weighted by Crippen LogP contribution is -2.37. The molecule has 212 valence electrons. The first-order valence-electron chi connectivity index (χ1n) is 13.0. The molecule has 13 nitrogen and oxygen atoms in total. The quantitative estimate of drug-likeness (QED) is 0.266. The molecule has 0 amide bonds. The zero-order valence-electron chi connectivity index (χ0n) is 23.3. The van der Waals surface area contributed by atoms with Crippen LogP contribution in [0.3, 0.4) is 0 Å². The van der Waals surface area contributed by atoms with Gasteiger partial charge in [-0.15, -0.1) is 4.91 Å². The average Bonchev–Trinajstić information content (AvgIpc) is 3.34. The average molecular weight is 550 g/mol. The van der Waals surface area contributed by atoms with Crippen LogP contribution in [-0.2, 0) is 11.3 Å². The van der Waals surface area contributed by atoms with E-state index in [1.165, 1.54) is 12.4 Å². The van der Waals surface area contributed by atoms with Gasteiger partial charge in [-0.05, 0) is 57.1 Å². The summed E-state index contributed by atoms with van der Waals surface area (Å²) in [5, 5.41) is 12.3. The van der Waals surface area contributed by atoms with Gasteiger partial charge in [-0.2, -0.15) is 0 Å². The summed E-state index contributed by atoms with van der Waals surface area (Å²) in [5.74, 6) is 2.97. The molecule has 0 saturated carbocycles. The van der Waals surface area contributed by atoms with E-state index in [0.29, 0.717) is 38.7 Å². The number of anilines is 1. The van der Waals surface area contributed by atoms with Gasteiger partial charge in [0.2, 0.25) is 6.23 Å². The predicted molar refractivity (Wildman–Crippen MR) is 155 cm³/mol. The molecule has 1 unspecified atom stereocenters. The number of fused-ring (bicyclic) bond motifs is 1. The van der Waals surface area contributed by atoms with Gasteiger partial charge in [0, 0.05) is 42.7 Å². The maximum atomic E-state index is 10.7. The van der Waals surface area contributed by atoms with Crippen molar-refractivity contribution in [2.24, 2.45) is 15.2 Å². The molecule has 0 aliphatic carbocycles. The van der Waals surface area contributed by atoms with Crippen molar-refractivity contribution >= 4 is 29.9 Å². The largest absolute Gasteiger partial charge is 0.497 e. The highest BCUT2D eigenvalue weighted by Crippen LogP contribution is 2.31. The maximum absolute atomic E-state index is 10.7. The van der Waals surface area contributed by atoms with Gasteiger partial charge in [-0.25, -0.2) is 15.0 Å². The molecule has 0 bridgehead atoms. The molecule has 0 radical (unpaired) electrons. The molecule has 3 heterocycles. The number of benzene rings is 1. The summed E-state index contributed by atoms with van der Waals surface area (Å²) in [6.45, 7) is 11.0. The number of imidazole rings is 1. The van der Waals surface area contributed by atoms with Gasteiger partial charge in [-0.1, -0.05) is 0 Å². The number of hydrogen-bond acceptors (Lipinski definition) is 12. The van der Waals surface area contributed by atoms with Crippen LogP contribution in [0.1, 0.15) is 25.7 Å². The van der Waals surface area contributed by atoms with E-state index in [9.17, 15) is 10.0 Å². The van der Waals surface area contributed by atoms with Crippen molar-refractivity contribution in [2.45, 2.75) is 32.7 Å². The Morgan fingerprint density at radius 2 is 1.95 bits per heavy atom. The molecular weight excluding hydrogens is 514 g/mol. The van der Waals surface area contributed by atoms with Crippen molar-refractivity contribution in [1.82, 2.24) is 24.4 Å². The smallest absolute Gasteiger partial charge is 0.216 e.